The van der Waals surface area contributed by atoms with Crippen LogP contribution in [0.15, 0.2) is 0 Å². The molecule has 0 saturated carbocycles. The highest BCUT2D eigenvalue weighted by molar-refractivity contribution is 7.83. The number of hydrogen-bond donors (Lipinski definition) is 1. The summed E-state index contributed by atoms with van der Waals surface area (Å²) in [6.07, 6.45) is 0. The van der Waals surface area contributed by atoms with E-state index in [1.807, 2.05) is 0 Å². The second kappa shape index (κ2) is 3.17. The molecular weight excluding hydrogens is 155 g/mol. The number of nitrogens with one attached hydrogen (secondary N) is 1. The molecule has 0 amide bonds. The Morgan fingerprint density at radius 2 is 2.00 bits per heavy atom. The zero-order chi connectivity index (χ0) is 7.49. The molecule has 0 bridgehead atoms. The summed E-state index contributed by atoms with van der Waals surface area (Å²) in [5.74, 6) is 0. The molecule has 1 N–H and O–H groups in total. The molecule has 9 heavy (non-hydrogen) atoms. The molecule has 0 aliphatic heterocycles. The Kier molecular flexibility index (Phi) is 3.13. The lowest BCUT2D eigenvalue weighted by molar-refractivity contribution is -0.0394. The van der Waals surface area contributed by atoms with Crippen LogP contribution in [0.5, 0.6) is 0 Å². The molecule has 1 atom stereocenters. The van der Waals surface area contributed by atoms with Crippen molar-refractivity contribution in [2.75, 3.05) is 6.54 Å². The second-order valence-corrected chi connectivity index (χ2v) is 2.50. The van der Waals surface area contributed by atoms with Gasteiger partial charge < -0.3 is 0 Å². The van der Waals surface area contributed by atoms with Gasteiger partial charge >= 0.3 is 5.51 Å². The van der Waals surface area contributed by atoms with Crippen LogP contribution in [0.2, 0.25) is 0 Å². The van der Waals surface area contributed by atoms with Crippen LogP contribution in [-0.4, -0.2) is 16.3 Å². The maximum Gasteiger partial charge on any atom is 0.485 e. The van der Waals surface area contributed by atoms with Gasteiger partial charge in [0.25, 0.3) is 0 Å². The van der Waals surface area contributed by atoms with Crippen LogP contribution >= 0.6 is 0 Å². The van der Waals surface area contributed by atoms with Crippen LogP contribution in [0.4, 0.5) is 13.2 Å². The lowest BCUT2D eigenvalue weighted by atomic mass is 10.8. The smallest absolute Gasteiger partial charge is 0.234 e. The first-order valence-electron chi connectivity index (χ1n) is 2.20. The van der Waals surface area contributed by atoms with E-state index in [9.17, 15) is 17.4 Å². The summed E-state index contributed by atoms with van der Waals surface area (Å²) in [4.78, 5) is 0. The van der Waals surface area contributed by atoms with Gasteiger partial charge in [-0.1, -0.05) is 6.92 Å². The largest absolute Gasteiger partial charge is 0.485 e. The van der Waals surface area contributed by atoms with Crippen LogP contribution in [0.1, 0.15) is 6.92 Å². The third kappa shape index (κ3) is 3.47. The Bertz CT molecular complexity index is 112. The molecule has 56 valence electrons. The fourth-order valence-corrected chi connectivity index (χ4v) is 0.639. The minimum Gasteiger partial charge on any atom is -0.234 e. The third-order valence-electron chi connectivity index (χ3n) is 0.486. The molecule has 0 radical (unpaired) electrons. The molecule has 6 heteroatoms. The molecule has 0 aliphatic rings. The van der Waals surface area contributed by atoms with E-state index in [1.165, 1.54) is 6.92 Å². The Morgan fingerprint density at radius 3 is 2.11 bits per heavy atom. The van der Waals surface area contributed by atoms with Crippen molar-refractivity contribution in [1.82, 2.24) is 4.72 Å². The Labute approximate surface area is 53.0 Å². The van der Waals surface area contributed by atoms with Crippen molar-refractivity contribution in [3.05, 3.63) is 0 Å². The molecule has 0 spiro atoms. The van der Waals surface area contributed by atoms with E-state index < -0.39 is 16.5 Å². The molecule has 2 nitrogen and oxygen atoms in total. The summed E-state index contributed by atoms with van der Waals surface area (Å²) in [5.41, 5.74) is -4.63. The lowest BCUT2D eigenvalue weighted by Gasteiger charge is -2.03. The molecule has 0 aromatic carbocycles. The van der Waals surface area contributed by atoms with E-state index in [0.717, 1.165) is 0 Å². The second-order valence-electron chi connectivity index (χ2n) is 1.21. The van der Waals surface area contributed by atoms with Gasteiger partial charge in [0.2, 0.25) is 0 Å². The average molecular weight is 161 g/mol. The third-order valence-corrected chi connectivity index (χ3v) is 1.46. The topological polar surface area (TPSA) is 29.1 Å². The van der Waals surface area contributed by atoms with Gasteiger partial charge in [-0.25, -0.2) is 8.93 Å². The first kappa shape index (κ1) is 8.90. The van der Waals surface area contributed by atoms with Gasteiger partial charge in [-0.05, 0) is 0 Å². The highest BCUT2D eigenvalue weighted by Crippen LogP contribution is 2.17. The van der Waals surface area contributed by atoms with E-state index in [-0.39, 0.29) is 6.54 Å². The maximum absolute atomic E-state index is 11.3. The lowest BCUT2D eigenvalue weighted by Crippen LogP contribution is -2.29. The SMILES string of the molecule is CCNS(=O)C(F)(F)F. The number of rotatable bonds is 2. The zero-order valence-corrected chi connectivity index (χ0v) is 5.47. The van der Waals surface area contributed by atoms with E-state index in [4.69, 9.17) is 0 Å². The maximum atomic E-state index is 11.3. The van der Waals surface area contributed by atoms with Crippen LogP contribution in [-0.2, 0) is 11.0 Å². The normalized spacial score (nSPS) is 15.6. The van der Waals surface area contributed by atoms with Gasteiger partial charge in [-0.15, -0.1) is 0 Å². The summed E-state index contributed by atoms with van der Waals surface area (Å²) in [5, 5.41) is 0. The van der Waals surface area contributed by atoms with Crippen LogP contribution in [0.3, 0.4) is 0 Å². The standard InChI is InChI=1S/C3H6F3NOS/c1-2-7-9(8)3(4,5)6/h7H,2H2,1H3. The molecule has 0 aromatic heterocycles. The molecule has 0 rings (SSSR count). The molecule has 0 aromatic rings. The summed E-state index contributed by atoms with van der Waals surface area (Å²) < 4.78 is 45.5. The minimum atomic E-state index is -4.63. The highest BCUT2D eigenvalue weighted by atomic mass is 32.2. The molecule has 0 saturated heterocycles. The summed E-state index contributed by atoms with van der Waals surface area (Å²) >= 11 is 0. The Hall–Kier alpha value is -0.100. The highest BCUT2D eigenvalue weighted by Gasteiger charge is 2.36. The molecule has 0 heterocycles. The van der Waals surface area contributed by atoms with Gasteiger partial charge in [0.15, 0.2) is 11.0 Å². The van der Waals surface area contributed by atoms with Crippen LogP contribution in [0, 0.1) is 0 Å². The van der Waals surface area contributed by atoms with E-state index >= 15 is 0 Å². The van der Waals surface area contributed by atoms with Crippen molar-refractivity contribution in [2.24, 2.45) is 0 Å². The first-order valence-corrected chi connectivity index (χ1v) is 3.35. The van der Waals surface area contributed by atoms with Gasteiger partial charge in [-0.2, -0.15) is 13.2 Å². The van der Waals surface area contributed by atoms with Crippen molar-refractivity contribution in [3.63, 3.8) is 0 Å². The molecule has 0 aliphatic carbocycles. The number of alkyl halides is 3. The molecule has 1 unspecified atom stereocenters. The predicted molar refractivity (Wildman–Crippen MR) is 27.9 cm³/mol. The van der Waals surface area contributed by atoms with Crippen molar-refractivity contribution in [1.29, 1.82) is 0 Å². The predicted octanol–water partition coefficient (Wildman–Crippen LogP) is 0.779. The summed E-state index contributed by atoms with van der Waals surface area (Å²) in [6, 6.07) is 0. The monoisotopic (exact) mass is 161 g/mol. The van der Waals surface area contributed by atoms with Crippen molar-refractivity contribution in [3.8, 4) is 0 Å². The fraction of sp³-hybridized carbons (Fsp3) is 1.00. The van der Waals surface area contributed by atoms with Crippen molar-refractivity contribution >= 4 is 11.0 Å². The number of halogens is 3. The van der Waals surface area contributed by atoms with Crippen molar-refractivity contribution < 1.29 is 17.4 Å². The Balaban J connectivity index is 3.74. The quantitative estimate of drug-likeness (QED) is 0.637. The van der Waals surface area contributed by atoms with Gasteiger partial charge in [0.1, 0.15) is 0 Å². The summed E-state index contributed by atoms with van der Waals surface area (Å²) in [6.45, 7) is 1.50. The zero-order valence-electron chi connectivity index (χ0n) is 4.66. The van der Waals surface area contributed by atoms with Gasteiger partial charge in [-0.3, -0.25) is 0 Å². The Morgan fingerprint density at radius 1 is 1.56 bits per heavy atom. The van der Waals surface area contributed by atoms with Crippen LogP contribution in [0.25, 0.3) is 0 Å². The molecular formula is C3H6F3NOS. The van der Waals surface area contributed by atoms with E-state index in [1.54, 1.807) is 4.72 Å². The first-order chi connectivity index (χ1) is 3.98. The van der Waals surface area contributed by atoms with Crippen LogP contribution < -0.4 is 4.72 Å². The van der Waals surface area contributed by atoms with E-state index in [2.05, 4.69) is 0 Å². The number of hydrogen-bond acceptors (Lipinski definition) is 1. The molecule has 0 fully saturated rings. The summed E-state index contributed by atoms with van der Waals surface area (Å²) in [7, 11) is -2.89. The van der Waals surface area contributed by atoms with Gasteiger partial charge in [0, 0.05) is 6.54 Å². The van der Waals surface area contributed by atoms with Gasteiger partial charge in [0.05, 0.1) is 0 Å². The average Bonchev–Trinajstić information content (AvgIpc) is 1.64. The van der Waals surface area contributed by atoms with Crippen molar-refractivity contribution in [2.45, 2.75) is 12.4 Å². The van der Waals surface area contributed by atoms with E-state index in [0.29, 0.717) is 0 Å². The minimum absolute atomic E-state index is 0.0477. The fourth-order valence-electron chi connectivity index (χ4n) is 0.213.